The number of nitrogens with zero attached hydrogens (tertiary/aromatic N) is 4. The van der Waals surface area contributed by atoms with Crippen LogP contribution in [0.1, 0.15) is 12.8 Å². The zero-order valence-corrected chi connectivity index (χ0v) is 14.8. The van der Waals surface area contributed by atoms with E-state index in [2.05, 4.69) is 47.2 Å². The Balaban J connectivity index is 1.46. The van der Waals surface area contributed by atoms with Crippen molar-refractivity contribution in [1.82, 2.24) is 15.0 Å². The predicted octanol–water partition coefficient (Wildman–Crippen LogP) is 3.93. The summed E-state index contributed by atoms with van der Waals surface area (Å²) >= 11 is 5.25. The van der Waals surface area contributed by atoms with Gasteiger partial charge in [-0.1, -0.05) is 0 Å². The van der Waals surface area contributed by atoms with Gasteiger partial charge in [0.25, 0.3) is 0 Å². The van der Waals surface area contributed by atoms with Crippen LogP contribution in [-0.2, 0) is 0 Å². The van der Waals surface area contributed by atoms with Gasteiger partial charge < -0.3 is 10.2 Å². The quantitative estimate of drug-likeness (QED) is 0.735. The van der Waals surface area contributed by atoms with Crippen molar-refractivity contribution in [1.29, 1.82) is 0 Å². The summed E-state index contributed by atoms with van der Waals surface area (Å²) in [5, 5.41) is 3.59. The van der Waals surface area contributed by atoms with Gasteiger partial charge in [-0.25, -0.2) is 9.97 Å². The molecule has 0 spiro atoms. The highest BCUT2D eigenvalue weighted by atomic mass is 79.9. The largest absolute Gasteiger partial charge is 0.382 e. The van der Waals surface area contributed by atoms with Crippen LogP contribution in [-0.4, -0.2) is 34.1 Å². The molecule has 0 bridgehead atoms. The predicted molar refractivity (Wildman–Crippen MR) is 98.2 cm³/mol. The number of aromatic nitrogens is 3. The van der Waals surface area contributed by atoms with E-state index in [1.54, 1.807) is 17.7 Å². The smallest absolute Gasteiger partial charge is 0.150 e. The van der Waals surface area contributed by atoms with Gasteiger partial charge in [0.1, 0.15) is 12.1 Å². The minimum absolute atomic E-state index is 0.501. The van der Waals surface area contributed by atoms with Gasteiger partial charge in [-0.05, 0) is 47.0 Å². The highest BCUT2D eigenvalue weighted by Gasteiger charge is 2.22. The molecule has 23 heavy (non-hydrogen) atoms. The molecule has 4 heterocycles. The molecule has 0 atom stereocenters. The fourth-order valence-corrected chi connectivity index (χ4v) is 4.51. The molecule has 0 amide bonds. The molecule has 1 saturated heterocycles. The number of anilines is 2. The van der Waals surface area contributed by atoms with Gasteiger partial charge in [-0.2, -0.15) is 0 Å². The molecule has 7 heteroatoms. The van der Waals surface area contributed by atoms with Crippen molar-refractivity contribution < 1.29 is 0 Å². The maximum atomic E-state index is 4.53. The number of hydrogen-bond acceptors (Lipinski definition) is 6. The molecular formula is C16H16BrN5S. The van der Waals surface area contributed by atoms with Crippen molar-refractivity contribution in [3.05, 3.63) is 40.7 Å². The van der Waals surface area contributed by atoms with E-state index < -0.39 is 0 Å². The van der Waals surface area contributed by atoms with E-state index in [-0.39, 0.29) is 0 Å². The van der Waals surface area contributed by atoms with Crippen LogP contribution in [0, 0.1) is 0 Å². The lowest BCUT2D eigenvalue weighted by Crippen LogP contribution is -2.39. The Bertz CT molecular complexity index is 799. The molecule has 0 saturated carbocycles. The standard InChI is InChI=1S/C16H16BrN5S/c17-14-9-13-15(23-14)16(20-10-19-13)22-7-3-12(4-8-22)21-11-1-5-18-6-2-11/h1-2,5-6,9-10,12H,3-4,7-8H2,(H,18,21). The number of hydrogen-bond donors (Lipinski definition) is 1. The minimum Gasteiger partial charge on any atom is -0.382 e. The van der Waals surface area contributed by atoms with Crippen LogP contribution in [0.25, 0.3) is 10.2 Å². The highest BCUT2D eigenvalue weighted by Crippen LogP contribution is 2.35. The number of thiophene rings is 1. The number of pyridine rings is 1. The van der Waals surface area contributed by atoms with E-state index in [0.29, 0.717) is 6.04 Å². The summed E-state index contributed by atoms with van der Waals surface area (Å²) in [5.41, 5.74) is 2.16. The van der Waals surface area contributed by atoms with Crippen LogP contribution < -0.4 is 10.2 Å². The number of rotatable bonds is 3. The number of nitrogens with one attached hydrogen (secondary N) is 1. The van der Waals surface area contributed by atoms with Crippen molar-refractivity contribution in [3.63, 3.8) is 0 Å². The van der Waals surface area contributed by atoms with Gasteiger partial charge in [0.2, 0.25) is 0 Å². The Morgan fingerprint density at radius 1 is 1.17 bits per heavy atom. The highest BCUT2D eigenvalue weighted by molar-refractivity contribution is 9.11. The summed E-state index contributed by atoms with van der Waals surface area (Å²) in [6.45, 7) is 2.01. The van der Waals surface area contributed by atoms with Crippen LogP contribution in [0.15, 0.2) is 40.7 Å². The summed E-state index contributed by atoms with van der Waals surface area (Å²) in [6.07, 6.45) is 7.51. The van der Waals surface area contributed by atoms with Crippen molar-refractivity contribution in [2.75, 3.05) is 23.3 Å². The molecule has 3 aromatic heterocycles. The average molecular weight is 390 g/mol. The van der Waals surface area contributed by atoms with E-state index in [4.69, 9.17) is 0 Å². The van der Waals surface area contributed by atoms with Crippen LogP contribution in [0.3, 0.4) is 0 Å². The summed E-state index contributed by atoms with van der Waals surface area (Å²) in [5.74, 6) is 1.06. The molecule has 0 aliphatic carbocycles. The Morgan fingerprint density at radius 2 is 1.96 bits per heavy atom. The first-order valence-corrected chi connectivity index (χ1v) is 9.22. The molecule has 1 aliphatic heterocycles. The Kier molecular flexibility index (Phi) is 4.13. The monoisotopic (exact) mass is 389 g/mol. The third-order valence-electron chi connectivity index (χ3n) is 4.11. The van der Waals surface area contributed by atoms with Gasteiger partial charge >= 0.3 is 0 Å². The third-order valence-corrected chi connectivity index (χ3v) is 5.73. The molecule has 1 N–H and O–H groups in total. The van der Waals surface area contributed by atoms with E-state index in [1.165, 1.54) is 4.70 Å². The van der Waals surface area contributed by atoms with Crippen molar-refractivity contribution in [2.45, 2.75) is 18.9 Å². The first-order chi connectivity index (χ1) is 11.3. The normalized spacial score (nSPS) is 16.0. The zero-order valence-electron chi connectivity index (χ0n) is 12.4. The second-order valence-electron chi connectivity index (χ2n) is 5.60. The van der Waals surface area contributed by atoms with Crippen molar-refractivity contribution in [2.24, 2.45) is 0 Å². The molecular weight excluding hydrogens is 374 g/mol. The molecule has 4 rings (SSSR count). The Morgan fingerprint density at radius 3 is 2.74 bits per heavy atom. The number of halogens is 1. The van der Waals surface area contributed by atoms with E-state index in [1.807, 2.05) is 24.5 Å². The first kappa shape index (κ1) is 14.8. The van der Waals surface area contributed by atoms with E-state index in [0.717, 1.165) is 46.7 Å². The molecule has 0 aromatic carbocycles. The SMILES string of the molecule is Brc1cc2ncnc(N3CCC(Nc4ccncc4)CC3)c2s1. The van der Waals surface area contributed by atoms with E-state index in [9.17, 15) is 0 Å². The summed E-state index contributed by atoms with van der Waals surface area (Å²) < 4.78 is 2.27. The van der Waals surface area contributed by atoms with E-state index >= 15 is 0 Å². The second-order valence-corrected chi connectivity index (χ2v) is 8.04. The van der Waals surface area contributed by atoms with Gasteiger partial charge in [-0.3, -0.25) is 4.98 Å². The zero-order chi connectivity index (χ0) is 15.6. The van der Waals surface area contributed by atoms with Crippen LogP contribution in [0.5, 0.6) is 0 Å². The lowest BCUT2D eigenvalue weighted by atomic mass is 10.0. The topological polar surface area (TPSA) is 53.9 Å². The maximum absolute atomic E-state index is 4.53. The summed E-state index contributed by atoms with van der Waals surface area (Å²) in [4.78, 5) is 15.3. The summed E-state index contributed by atoms with van der Waals surface area (Å²) in [7, 11) is 0. The molecule has 1 fully saturated rings. The van der Waals surface area contributed by atoms with Gasteiger partial charge in [0, 0.05) is 37.2 Å². The van der Waals surface area contributed by atoms with Crippen molar-refractivity contribution >= 4 is 49.0 Å². The maximum Gasteiger partial charge on any atom is 0.150 e. The molecule has 0 radical (unpaired) electrons. The fourth-order valence-electron chi connectivity index (χ4n) is 2.96. The lowest BCUT2D eigenvalue weighted by molar-refractivity contribution is 0.524. The molecule has 1 aliphatic rings. The van der Waals surface area contributed by atoms with Gasteiger partial charge in [-0.15, -0.1) is 11.3 Å². The number of piperidine rings is 1. The molecule has 3 aromatic rings. The molecule has 0 unspecified atom stereocenters. The van der Waals surface area contributed by atoms with Gasteiger partial charge in [0.05, 0.1) is 14.0 Å². The minimum atomic E-state index is 0.501. The fraction of sp³-hybridized carbons (Fsp3) is 0.312. The Hall–Kier alpha value is -1.73. The number of fused-ring (bicyclic) bond motifs is 1. The van der Waals surface area contributed by atoms with Crippen LogP contribution >= 0.6 is 27.3 Å². The van der Waals surface area contributed by atoms with Crippen molar-refractivity contribution in [3.8, 4) is 0 Å². The average Bonchev–Trinajstić information content (AvgIpc) is 2.97. The summed E-state index contributed by atoms with van der Waals surface area (Å²) in [6, 6.07) is 6.59. The van der Waals surface area contributed by atoms with Gasteiger partial charge in [0.15, 0.2) is 0 Å². The lowest BCUT2D eigenvalue weighted by Gasteiger charge is -2.33. The first-order valence-electron chi connectivity index (χ1n) is 7.61. The molecule has 5 nitrogen and oxygen atoms in total. The third kappa shape index (κ3) is 3.16. The molecule has 118 valence electrons. The van der Waals surface area contributed by atoms with Crippen LogP contribution in [0.4, 0.5) is 11.5 Å². The van der Waals surface area contributed by atoms with Crippen LogP contribution in [0.2, 0.25) is 0 Å². The second kappa shape index (κ2) is 6.41. The Labute approximate surface area is 146 Å².